The van der Waals surface area contributed by atoms with Crippen LogP contribution in [0.25, 0.3) is 0 Å². The molecule has 5 nitrogen and oxygen atoms in total. The quantitative estimate of drug-likeness (QED) is 0.323. The summed E-state index contributed by atoms with van der Waals surface area (Å²) in [6, 6.07) is 8.56. The summed E-state index contributed by atoms with van der Waals surface area (Å²) in [5.74, 6) is -1.10. The summed E-state index contributed by atoms with van der Waals surface area (Å²) >= 11 is 0. The van der Waals surface area contributed by atoms with Crippen LogP contribution in [0.2, 0.25) is 0 Å². The first kappa shape index (κ1) is 16.3. The highest BCUT2D eigenvalue weighted by atomic mass is 16.5. The van der Waals surface area contributed by atoms with E-state index in [4.69, 9.17) is 16.2 Å². The van der Waals surface area contributed by atoms with Crippen molar-refractivity contribution in [1.29, 1.82) is 0 Å². The molecule has 0 aliphatic heterocycles. The summed E-state index contributed by atoms with van der Waals surface area (Å²) in [6.45, 7) is 0.586. The van der Waals surface area contributed by atoms with Crippen LogP contribution < -0.4 is 11.5 Å². The highest BCUT2D eigenvalue weighted by Crippen LogP contribution is 2.20. The lowest BCUT2D eigenvalue weighted by Crippen LogP contribution is -2.55. The smallest absolute Gasteiger partial charge is 0.334 e. The summed E-state index contributed by atoms with van der Waals surface area (Å²) in [4.78, 5) is 24.4. The number of carbonyl (C=O) groups excluding carboxylic acids is 2. The summed E-state index contributed by atoms with van der Waals surface area (Å²) in [6.07, 6.45) is 2.58. The number of hydrogen-bond acceptors (Lipinski definition) is 5. The van der Waals surface area contributed by atoms with E-state index < -0.39 is 17.3 Å². The molecule has 1 aromatic carbocycles. The Morgan fingerprint density at radius 3 is 2.35 bits per heavy atom. The molecular formula is C15H22N2O3. The first-order chi connectivity index (χ1) is 9.56. The van der Waals surface area contributed by atoms with Gasteiger partial charge >= 0.3 is 5.97 Å². The lowest BCUT2D eigenvalue weighted by Gasteiger charge is -2.25. The lowest BCUT2D eigenvalue weighted by atomic mass is 9.85. The van der Waals surface area contributed by atoms with E-state index in [1.807, 2.05) is 0 Å². The first-order valence-corrected chi connectivity index (χ1v) is 6.73. The zero-order chi connectivity index (χ0) is 15.0. The van der Waals surface area contributed by atoms with Gasteiger partial charge < -0.3 is 16.2 Å². The number of nitrogens with two attached hydrogens (primary N) is 2. The number of esters is 1. The Morgan fingerprint density at radius 1 is 1.15 bits per heavy atom. The fraction of sp³-hybridized carbons (Fsp3) is 0.467. The zero-order valence-electron chi connectivity index (χ0n) is 11.8. The van der Waals surface area contributed by atoms with Crippen LogP contribution in [0.15, 0.2) is 30.3 Å². The molecule has 1 aromatic rings. The molecule has 0 aliphatic rings. The lowest BCUT2D eigenvalue weighted by molar-refractivity contribution is -0.145. The van der Waals surface area contributed by atoms with E-state index >= 15 is 0 Å². The maximum absolute atomic E-state index is 12.5. The molecule has 0 amide bonds. The Hall–Kier alpha value is -1.72. The van der Waals surface area contributed by atoms with Crippen LogP contribution in [0.5, 0.6) is 0 Å². The number of benzene rings is 1. The Kier molecular flexibility index (Phi) is 6.35. The number of unbranched alkanes of at least 4 members (excludes halogenated alkanes) is 2. The van der Waals surface area contributed by atoms with E-state index in [9.17, 15) is 9.59 Å². The summed E-state index contributed by atoms with van der Waals surface area (Å²) < 4.78 is 4.71. The molecule has 0 aliphatic carbocycles. The van der Waals surface area contributed by atoms with Crippen molar-refractivity contribution in [2.75, 3.05) is 13.7 Å². The Bertz CT molecular complexity index is 448. The molecule has 0 fully saturated rings. The number of Topliss-reactive ketones (excluding diaryl/α,β-unsaturated/α-hetero) is 1. The zero-order valence-corrected chi connectivity index (χ0v) is 11.8. The number of hydrogen-bond donors (Lipinski definition) is 2. The van der Waals surface area contributed by atoms with E-state index in [0.29, 0.717) is 18.5 Å². The predicted octanol–water partition coefficient (Wildman–Crippen LogP) is 1.26. The van der Waals surface area contributed by atoms with Crippen molar-refractivity contribution in [3.05, 3.63) is 35.9 Å². The van der Waals surface area contributed by atoms with E-state index in [1.54, 1.807) is 30.3 Å². The predicted molar refractivity (Wildman–Crippen MR) is 77.2 cm³/mol. The van der Waals surface area contributed by atoms with E-state index in [2.05, 4.69) is 0 Å². The topological polar surface area (TPSA) is 95.4 Å². The maximum atomic E-state index is 12.5. The van der Waals surface area contributed by atoms with Gasteiger partial charge in [-0.15, -0.1) is 0 Å². The third-order valence-electron chi connectivity index (χ3n) is 3.27. The van der Waals surface area contributed by atoms with E-state index in [-0.39, 0.29) is 6.42 Å². The van der Waals surface area contributed by atoms with Crippen LogP contribution in [0.3, 0.4) is 0 Å². The largest absolute Gasteiger partial charge is 0.467 e. The number of ketones is 1. The van der Waals surface area contributed by atoms with Crippen molar-refractivity contribution in [1.82, 2.24) is 0 Å². The van der Waals surface area contributed by atoms with Crippen LogP contribution in [0.1, 0.15) is 36.0 Å². The Morgan fingerprint density at radius 2 is 1.80 bits per heavy atom. The van der Waals surface area contributed by atoms with Crippen LogP contribution in [0.4, 0.5) is 0 Å². The second-order valence-corrected chi connectivity index (χ2v) is 4.76. The number of ether oxygens (including phenoxy) is 1. The molecule has 110 valence electrons. The molecule has 1 atom stereocenters. The van der Waals surface area contributed by atoms with Crippen molar-refractivity contribution < 1.29 is 14.3 Å². The molecule has 0 aromatic heterocycles. The molecule has 0 heterocycles. The van der Waals surface area contributed by atoms with Gasteiger partial charge in [0.2, 0.25) is 0 Å². The molecule has 1 unspecified atom stereocenters. The number of carbonyl (C=O) groups is 2. The molecule has 0 radical (unpaired) electrons. The van der Waals surface area contributed by atoms with Gasteiger partial charge in [0.1, 0.15) is 0 Å². The standard InChI is InChI=1S/C15H22N2O3/c1-20-14(19)15(17,10-6-3-7-11-16)13(18)12-8-4-2-5-9-12/h2,4-5,8-9H,3,6-7,10-11,16-17H2,1H3. The van der Waals surface area contributed by atoms with E-state index in [1.165, 1.54) is 7.11 Å². The van der Waals surface area contributed by atoms with E-state index in [0.717, 1.165) is 12.8 Å². The minimum Gasteiger partial charge on any atom is -0.467 e. The van der Waals surface area contributed by atoms with Crippen LogP contribution in [-0.2, 0) is 9.53 Å². The third-order valence-corrected chi connectivity index (χ3v) is 3.27. The second-order valence-electron chi connectivity index (χ2n) is 4.76. The van der Waals surface area contributed by atoms with Crippen molar-refractivity contribution >= 4 is 11.8 Å². The van der Waals surface area contributed by atoms with Gasteiger partial charge in [-0.1, -0.05) is 43.2 Å². The van der Waals surface area contributed by atoms with Gasteiger partial charge in [-0.05, 0) is 19.4 Å². The molecule has 1 rings (SSSR count). The Balaban J connectivity index is 2.88. The van der Waals surface area contributed by atoms with Crippen LogP contribution in [-0.4, -0.2) is 30.9 Å². The highest BCUT2D eigenvalue weighted by Gasteiger charge is 2.42. The van der Waals surface area contributed by atoms with Gasteiger partial charge in [0.25, 0.3) is 0 Å². The van der Waals surface area contributed by atoms with Gasteiger partial charge in [0, 0.05) is 5.56 Å². The number of rotatable bonds is 8. The summed E-state index contributed by atoms with van der Waals surface area (Å²) in [5, 5.41) is 0. The molecule has 0 saturated carbocycles. The normalized spacial score (nSPS) is 13.6. The molecule has 0 bridgehead atoms. The molecule has 4 N–H and O–H groups in total. The van der Waals surface area contributed by atoms with Crippen LogP contribution >= 0.6 is 0 Å². The monoisotopic (exact) mass is 278 g/mol. The average molecular weight is 278 g/mol. The van der Waals surface area contributed by atoms with Gasteiger partial charge in [-0.25, -0.2) is 4.79 Å². The fourth-order valence-corrected chi connectivity index (χ4v) is 2.06. The van der Waals surface area contributed by atoms with Crippen LogP contribution in [0, 0.1) is 0 Å². The molecule has 0 spiro atoms. The third kappa shape index (κ3) is 3.88. The maximum Gasteiger partial charge on any atom is 0.334 e. The van der Waals surface area contributed by atoms with Crippen molar-refractivity contribution in [2.24, 2.45) is 11.5 Å². The Labute approximate surface area is 119 Å². The molecule has 0 saturated heterocycles. The first-order valence-electron chi connectivity index (χ1n) is 6.73. The number of methoxy groups -OCH3 is 1. The van der Waals surface area contributed by atoms with Crippen molar-refractivity contribution in [2.45, 2.75) is 31.2 Å². The van der Waals surface area contributed by atoms with Gasteiger partial charge in [-0.3, -0.25) is 4.79 Å². The summed E-state index contributed by atoms with van der Waals surface area (Å²) in [7, 11) is 1.24. The average Bonchev–Trinajstić information content (AvgIpc) is 2.50. The van der Waals surface area contributed by atoms with Gasteiger partial charge in [0.05, 0.1) is 7.11 Å². The van der Waals surface area contributed by atoms with Crippen molar-refractivity contribution in [3.8, 4) is 0 Å². The minimum absolute atomic E-state index is 0.257. The molecule has 20 heavy (non-hydrogen) atoms. The van der Waals surface area contributed by atoms with Gasteiger partial charge in [0.15, 0.2) is 11.3 Å². The second kappa shape index (κ2) is 7.77. The molecular weight excluding hydrogens is 256 g/mol. The minimum atomic E-state index is -1.62. The summed E-state index contributed by atoms with van der Waals surface area (Å²) in [5.41, 5.74) is 10.3. The SMILES string of the molecule is COC(=O)C(N)(CCCCCN)C(=O)c1ccccc1. The van der Waals surface area contributed by atoms with Crippen molar-refractivity contribution in [3.63, 3.8) is 0 Å². The van der Waals surface area contributed by atoms with Gasteiger partial charge in [-0.2, -0.15) is 0 Å². The highest BCUT2D eigenvalue weighted by molar-refractivity contribution is 6.16. The molecule has 5 heteroatoms. The fourth-order valence-electron chi connectivity index (χ4n) is 2.06.